The lowest BCUT2D eigenvalue weighted by Gasteiger charge is -2.36. The molecule has 4 N–H and O–H groups in total. The van der Waals surface area contributed by atoms with E-state index in [1.165, 1.54) is 0 Å². The maximum absolute atomic E-state index is 12.1. The van der Waals surface area contributed by atoms with Gasteiger partial charge in [0.25, 0.3) is 10.1 Å². The standard InChI is InChI=1S/C20H16O6S/c21-17-13-8-11-5-4-9-2-1-3-10-6-7-12(15(11)14(9)10)16(13)20(27(24,25)26)19(23)18(17)22/h1-8,17-23H,(H,24,25,26). The Bertz CT molecular complexity index is 1300. The smallest absolute Gasteiger partial charge is 0.274 e. The molecule has 138 valence electrons. The summed E-state index contributed by atoms with van der Waals surface area (Å²) in [5, 5.41) is 34.2. The Morgan fingerprint density at radius 1 is 0.778 bits per heavy atom. The molecule has 0 bridgehead atoms. The van der Waals surface area contributed by atoms with E-state index in [2.05, 4.69) is 0 Å². The van der Waals surface area contributed by atoms with Crippen molar-refractivity contribution < 1.29 is 28.3 Å². The van der Waals surface area contributed by atoms with Gasteiger partial charge in [-0.25, -0.2) is 0 Å². The third-order valence-corrected chi connectivity index (χ3v) is 6.79. The van der Waals surface area contributed by atoms with E-state index in [0.717, 1.165) is 26.9 Å². The second-order valence-corrected chi connectivity index (χ2v) is 8.63. The third kappa shape index (κ3) is 2.17. The molecule has 0 saturated carbocycles. The molecule has 1 aliphatic carbocycles. The summed E-state index contributed by atoms with van der Waals surface area (Å²) >= 11 is 0. The molecular formula is C20H16O6S. The topological polar surface area (TPSA) is 115 Å². The summed E-state index contributed by atoms with van der Waals surface area (Å²) in [6, 6.07) is 14.9. The van der Waals surface area contributed by atoms with E-state index in [-0.39, 0.29) is 11.1 Å². The van der Waals surface area contributed by atoms with E-state index in [0.29, 0.717) is 5.39 Å². The van der Waals surface area contributed by atoms with Crippen molar-refractivity contribution in [3.8, 4) is 0 Å². The fourth-order valence-corrected chi connectivity index (χ4v) is 5.54. The van der Waals surface area contributed by atoms with Crippen molar-refractivity contribution in [3.05, 3.63) is 59.7 Å². The Kier molecular flexibility index (Phi) is 3.35. The second kappa shape index (κ2) is 5.37. The second-order valence-electron chi connectivity index (χ2n) is 7.10. The molecule has 6 nitrogen and oxygen atoms in total. The lowest BCUT2D eigenvalue weighted by molar-refractivity contribution is -0.0711. The van der Waals surface area contributed by atoms with Crippen molar-refractivity contribution in [2.75, 3.05) is 0 Å². The molecule has 4 atom stereocenters. The predicted octanol–water partition coefficient (Wildman–Crippen LogP) is 2.28. The van der Waals surface area contributed by atoms with Gasteiger partial charge in [0.2, 0.25) is 0 Å². The minimum absolute atomic E-state index is 0.133. The molecule has 4 aromatic rings. The van der Waals surface area contributed by atoms with Gasteiger partial charge in [0.05, 0.1) is 0 Å². The molecule has 1 aliphatic rings. The molecule has 0 amide bonds. The van der Waals surface area contributed by atoms with E-state index >= 15 is 0 Å². The zero-order chi connectivity index (χ0) is 19.1. The van der Waals surface area contributed by atoms with Crippen LogP contribution in [-0.2, 0) is 10.1 Å². The highest BCUT2D eigenvalue weighted by Crippen LogP contribution is 2.47. The first-order valence-electron chi connectivity index (χ1n) is 8.50. The zero-order valence-corrected chi connectivity index (χ0v) is 14.8. The van der Waals surface area contributed by atoms with Crippen LogP contribution in [0.15, 0.2) is 48.5 Å². The lowest BCUT2D eigenvalue weighted by atomic mass is 9.80. The van der Waals surface area contributed by atoms with E-state index < -0.39 is 33.7 Å². The van der Waals surface area contributed by atoms with Gasteiger partial charge in [-0.3, -0.25) is 4.55 Å². The fourth-order valence-electron chi connectivity index (χ4n) is 4.46. The van der Waals surface area contributed by atoms with Gasteiger partial charge in [-0.15, -0.1) is 0 Å². The van der Waals surface area contributed by atoms with Gasteiger partial charge in [-0.05, 0) is 49.5 Å². The van der Waals surface area contributed by atoms with Crippen molar-refractivity contribution in [1.82, 2.24) is 0 Å². The van der Waals surface area contributed by atoms with Crippen LogP contribution >= 0.6 is 0 Å². The maximum atomic E-state index is 12.1. The maximum Gasteiger partial charge on any atom is 0.274 e. The molecule has 5 rings (SSSR count). The number of hydrogen-bond acceptors (Lipinski definition) is 5. The van der Waals surface area contributed by atoms with E-state index in [4.69, 9.17) is 0 Å². The molecular weight excluding hydrogens is 368 g/mol. The lowest BCUT2D eigenvalue weighted by Crippen LogP contribution is -2.44. The van der Waals surface area contributed by atoms with Gasteiger partial charge in [-0.2, -0.15) is 8.42 Å². The van der Waals surface area contributed by atoms with Gasteiger partial charge in [0.15, 0.2) is 0 Å². The van der Waals surface area contributed by atoms with Crippen molar-refractivity contribution in [2.24, 2.45) is 0 Å². The van der Waals surface area contributed by atoms with Crippen LogP contribution in [0.3, 0.4) is 0 Å². The third-order valence-electron chi connectivity index (χ3n) is 5.63. The molecule has 0 aliphatic heterocycles. The number of aliphatic hydroxyl groups excluding tert-OH is 3. The van der Waals surface area contributed by atoms with Crippen LogP contribution in [0.25, 0.3) is 32.3 Å². The molecule has 4 unspecified atom stereocenters. The number of rotatable bonds is 1. The quantitative estimate of drug-likeness (QED) is 0.296. The van der Waals surface area contributed by atoms with Gasteiger partial charge in [-0.1, -0.05) is 42.5 Å². The van der Waals surface area contributed by atoms with Gasteiger partial charge in [0, 0.05) is 0 Å². The molecule has 0 radical (unpaired) electrons. The first-order chi connectivity index (χ1) is 12.8. The van der Waals surface area contributed by atoms with Crippen LogP contribution in [0.5, 0.6) is 0 Å². The highest BCUT2D eigenvalue weighted by molar-refractivity contribution is 7.86. The summed E-state index contributed by atoms with van der Waals surface area (Å²) in [6.07, 6.45) is -5.03. The minimum atomic E-state index is -4.73. The van der Waals surface area contributed by atoms with Crippen LogP contribution in [0.4, 0.5) is 0 Å². The number of hydrogen-bond donors (Lipinski definition) is 4. The summed E-state index contributed by atoms with van der Waals surface area (Å²) in [5.74, 6) is 0. The average molecular weight is 384 g/mol. The highest BCUT2D eigenvalue weighted by Gasteiger charge is 2.47. The van der Waals surface area contributed by atoms with Crippen molar-refractivity contribution in [3.63, 3.8) is 0 Å². The number of aliphatic hydroxyl groups is 3. The molecule has 0 spiro atoms. The van der Waals surface area contributed by atoms with Gasteiger partial charge >= 0.3 is 0 Å². The van der Waals surface area contributed by atoms with Gasteiger partial charge < -0.3 is 15.3 Å². The number of benzene rings is 4. The Morgan fingerprint density at radius 3 is 2.07 bits per heavy atom. The van der Waals surface area contributed by atoms with Gasteiger partial charge in [0.1, 0.15) is 23.6 Å². The predicted molar refractivity (Wildman–Crippen MR) is 101 cm³/mol. The van der Waals surface area contributed by atoms with E-state index in [9.17, 15) is 28.3 Å². The van der Waals surface area contributed by atoms with Crippen molar-refractivity contribution in [2.45, 2.75) is 23.6 Å². The van der Waals surface area contributed by atoms with Crippen LogP contribution in [-0.4, -0.2) is 40.5 Å². The molecule has 0 aromatic heterocycles. The normalized spacial score (nSPS) is 26.1. The summed E-state index contributed by atoms with van der Waals surface area (Å²) in [4.78, 5) is 0. The molecule has 0 heterocycles. The Balaban J connectivity index is 2.03. The van der Waals surface area contributed by atoms with E-state index in [1.807, 2.05) is 36.4 Å². The van der Waals surface area contributed by atoms with Crippen LogP contribution < -0.4 is 0 Å². The fraction of sp³-hybridized carbons (Fsp3) is 0.200. The van der Waals surface area contributed by atoms with Crippen LogP contribution in [0.1, 0.15) is 22.5 Å². The molecule has 0 fully saturated rings. The van der Waals surface area contributed by atoms with E-state index in [1.54, 1.807) is 12.1 Å². The van der Waals surface area contributed by atoms with Crippen molar-refractivity contribution >= 4 is 42.4 Å². The zero-order valence-electron chi connectivity index (χ0n) is 13.9. The van der Waals surface area contributed by atoms with Crippen molar-refractivity contribution in [1.29, 1.82) is 0 Å². The first kappa shape index (κ1) is 16.9. The summed E-state index contributed by atoms with van der Waals surface area (Å²) in [6.45, 7) is 0. The largest absolute Gasteiger partial charge is 0.388 e. The molecule has 0 saturated heterocycles. The number of fused-ring (bicyclic) bond motifs is 2. The monoisotopic (exact) mass is 384 g/mol. The highest BCUT2D eigenvalue weighted by atomic mass is 32.2. The average Bonchev–Trinajstić information content (AvgIpc) is 2.63. The van der Waals surface area contributed by atoms with Crippen LogP contribution in [0, 0.1) is 0 Å². The molecule has 7 heteroatoms. The summed E-state index contributed by atoms with van der Waals surface area (Å²) in [5.41, 5.74) is 0.329. The van der Waals surface area contributed by atoms with Crippen LogP contribution in [0.2, 0.25) is 0 Å². The molecule has 4 aromatic carbocycles. The first-order valence-corrected chi connectivity index (χ1v) is 10.00. The molecule has 27 heavy (non-hydrogen) atoms. The summed E-state index contributed by atoms with van der Waals surface area (Å²) < 4.78 is 33.9. The summed E-state index contributed by atoms with van der Waals surface area (Å²) in [7, 11) is -4.73. The Hall–Kier alpha value is -2.29. The Labute approximate surface area is 154 Å². The Morgan fingerprint density at radius 2 is 1.41 bits per heavy atom. The minimum Gasteiger partial charge on any atom is -0.388 e. The SMILES string of the molecule is O=S(=O)(O)C1c2c(cc3ccc4cccc5ccc2c3c45)C(O)C(O)C1O.